The number of pyridine rings is 2. The Morgan fingerprint density at radius 1 is 1.03 bits per heavy atom. The Morgan fingerprint density at radius 2 is 1.72 bits per heavy atom. The largest absolute Gasteiger partial charge is 0.320 e. The molecule has 0 atom stereocenters. The third kappa shape index (κ3) is 3.92. The fourth-order valence-electron chi connectivity index (χ4n) is 3.04. The van der Waals surface area contributed by atoms with E-state index in [-0.39, 0.29) is 27.4 Å². The van der Waals surface area contributed by atoms with Gasteiger partial charge in [0.2, 0.25) is 17.3 Å². The molecule has 4 rings (SSSR count). The number of fused-ring (bicyclic) bond motifs is 1. The molecule has 7 nitrogen and oxygen atoms in total. The minimum Gasteiger partial charge on any atom is -0.320 e. The lowest BCUT2D eigenvalue weighted by molar-refractivity contribution is 0.102. The maximum absolute atomic E-state index is 14.7. The van der Waals surface area contributed by atoms with Crippen molar-refractivity contribution >= 4 is 34.2 Å². The van der Waals surface area contributed by atoms with Crippen molar-refractivity contribution in [3.8, 4) is 5.69 Å². The van der Waals surface area contributed by atoms with Gasteiger partial charge in [0.15, 0.2) is 5.69 Å². The van der Waals surface area contributed by atoms with Gasteiger partial charge in [-0.05, 0) is 43.7 Å². The van der Waals surface area contributed by atoms with E-state index in [1.807, 2.05) is 0 Å². The van der Waals surface area contributed by atoms with E-state index in [0.717, 1.165) is 22.9 Å². The number of carbonyl (C=O) groups excluding carboxylic acids is 1. The van der Waals surface area contributed by atoms with Gasteiger partial charge in [-0.15, -0.1) is 0 Å². The van der Waals surface area contributed by atoms with Gasteiger partial charge in [0.25, 0.3) is 5.91 Å². The molecule has 3 heterocycles. The summed E-state index contributed by atoms with van der Waals surface area (Å²) in [6.45, 7) is 3.42. The van der Waals surface area contributed by atoms with Gasteiger partial charge in [-0.3, -0.25) is 9.59 Å². The summed E-state index contributed by atoms with van der Waals surface area (Å²) in [7, 11) is 0. The highest BCUT2D eigenvalue weighted by atomic mass is 35.5. The molecule has 0 aliphatic carbocycles. The molecule has 1 N–H and O–H groups in total. The molecule has 1 amide bonds. The number of anilines is 1. The summed E-state index contributed by atoms with van der Waals surface area (Å²) in [6, 6.07) is 6.94. The van der Waals surface area contributed by atoms with Crippen molar-refractivity contribution in [1.29, 1.82) is 0 Å². The Balaban J connectivity index is 1.95. The van der Waals surface area contributed by atoms with Gasteiger partial charge in [-0.25, -0.2) is 14.1 Å². The van der Waals surface area contributed by atoms with Gasteiger partial charge >= 0.3 is 0 Å². The highest BCUT2D eigenvalue weighted by Crippen LogP contribution is 2.22. The average Bonchev–Trinajstić information content (AvgIpc) is 2.69. The van der Waals surface area contributed by atoms with Crippen LogP contribution in [-0.2, 0) is 0 Å². The van der Waals surface area contributed by atoms with Crippen LogP contribution >= 0.6 is 11.6 Å². The number of nitrogens with one attached hydrogen (secondary N) is 1. The molecule has 0 aliphatic heterocycles. The Labute approximate surface area is 183 Å². The summed E-state index contributed by atoms with van der Waals surface area (Å²) in [5, 5.41) is 6.38. The quantitative estimate of drug-likeness (QED) is 0.466. The van der Waals surface area contributed by atoms with E-state index in [4.69, 9.17) is 11.6 Å². The standard InChI is InChI=1S/C21H13ClF3N5O2/c1-9-5-15-18(26-10(9)2)20(31)19(21(32)27-12-7-16(24)28-17(25)8-12)29-30(15)14-4-3-11(22)6-13(14)23/h3-8H,1-2H3,(H,27,28,32). The van der Waals surface area contributed by atoms with Crippen LogP contribution in [0, 0.1) is 31.6 Å². The molecule has 0 radical (unpaired) electrons. The third-order valence-corrected chi connectivity index (χ3v) is 4.91. The van der Waals surface area contributed by atoms with Crippen molar-refractivity contribution in [2.75, 3.05) is 5.32 Å². The first-order chi connectivity index (χ1) is 15.1. The van der Waals surface area contributed by atoms with Gasteiger partial charge in [-0.2, -0.15) is 18.9 Å². The number of halogens is 4. The van der Waals surface area contributed by atoms with Crippen LogP contribution in [0.2, 0.25) is 5.02 Å². The molecule has 0 aliphatic rings. The van der Waals surface area contributed by atoms with Crippen LogP contribution < -0.4 is 10.7 Å². The van der Waals surface area contributed by atoms with Gasteiger partial charge in [-0.1, -0.05) is 11.6 Å². The molecule has 1 aromatic carbocycles. The highest BCUT2D eigenvalue weighted by molar-refractivity contribution is 6.30. The lowest BCUT2D eigenvalue weighted by atomic mass is 10.1. The second-order valence-corrected chi connectivity index (χ2v) is 7.34. The van der Waals surface area contributed by atoms with E-state index >= 15 is 0 Å². The minimum atomic E-state index is -1.17. The molecule has 4 aromatic rings. The molecular formula is C21H13ClF3N5O2. The second kappa shape index (κ2) is 8.04. The lowest BCUT2D eigenvalue weighted by Gasteiger charge is -2.14. The van der Waals surface area contributed by atoms with E-state index in [0.29, 0.717) is 11.3 Å². The van der Waals surface area contributed by atoms with Crippen LogP contribution in [0.1, 0.15) is 21.7 Å². The first kappa shape index (κ1) is 21.4. The third-order valence-electron chi connectivity index (χ3n) is 4.68. The second-order valence-electron chi connectivity index (χ2n) is 6.90. The number of carbonyl (C=O) groups is 1. The lowest BCUT2D eigenvalue weighted by Crippen LogP contribution is -2.28. The van der Waals surface area contributed by atoms with Crippen molar-refractivity contribution < 1.29 is 18.0 Å². The topological polar surface area (TPSA) is 89.8 Å². The van der Waals surface area contributed by atoms with Gasteiger partial charge in [0, 0.05) is 22.8 Å². The molecular weight excluding hydrogens is 447 g/mol. The normalized spacial score (nSPS) is 11.1. The summed E-state index contributed by atoms with van der Waals surface area (Å²) in [6.07, 6.45) is 0. The Bertz CT molecular complexity index is 1450. The summed E-state index contributed by atoms with van der Waals surface area (Å²) in [5.41, 5.74) is -0.582. The number of hydrogen-bond donors (Lipinski definition) is 1. The van der Waals surface area contributed by atoms with Crippen molar-refractivity contribution in [1.82, 2.24) is 19.7 Å². The number of hydrogen-bond acceptors (Lipinski definition) is 5. The monoisotopic (exact) mass is 459 g/mol. The first-order valence-corrected chi connectivity index (χ1v) is 9.53. The van der Waals surface area contributed by atoms with Gasteiger partial charge in [0.05, 0.1) is 11.2 Å². The zero-order valence-corrected chi connectivity index (χ0v) is 17.3. The van der Waals surface area contributed by atoms with Crippen LogP contribution in [0.5, 0.6) is 0 Å². The number of amides is 1. The Morgan fingerprint density at radius 3 is 2.38 bits per heavy atom. The molecule has 0 bridgehead atoms. The van der Waals surface area contributed by atoms with Crippen LogP contribution in [0.15, 0.2) is 41.2 Å². The predicted octanol–water partition coefficient (Wildman–Crippen LogP) is 4.12. The number of nitrogens with zero attached hydrogens (tertiary/aromatic N) is 4. The summed E-state index contributed by atoms with van der Waals surface area (Å²) in [4.78, 5) is 33.0. The molecule has 0 spiro atoms. The van der Waals surface area contributed by atoms with Gasteiger partial charge in [0.1, 0.15) is 17.0 Å². The van der Waals surface area contributed by atoms with E-state index in [1.54, 1.807) is 19.9 Å². The van der Waals surface area contributed by atoms with Crippen LogP contribution in [-0.4, -0.2) is 25.7 Å². The summed E-state index contributed by atoms with van der Waals surface area (Å²) < 4.78 is 42.5. The first-order valence-electron chi connectivity index (χ1n) is 9.15. The van der Waals surface area contributed by atoms with E-state index < -0.39 is 34.7 Å². The Hall–Kier alpha value is -3.79. The van der Waals surface area contributed by atoms with E-state index in [2.05, 4.69) is 20.4 Å². The highest BCUT2D eigenvalue weighted by Gasteiger charge is 2.22. The van der Waals surface area contributed by atoms with Gasteiger partial charge < -0.3 is 5.32 Å². The smallest absolute Gasteiger partial charge is 0.280 e. The summed E-state index contributed by atoms with van der Waals surface area (Å²) in [5.74, 6) is -4.15. The molecule has 0 fully saturated rings. The molecule has 0 saturated carbocycles. The molecule has 0 saturated heterocycles. The minimum absolute atomic E-state index is 0.0838. The molecule has 3 aromatic heterocycles. The van der Waals surface area contributed by atoms with Crippen molar-refractivity contribution in [3.05, 3.63) is 86.3 Å². The van der Waals surface area contributed by atoms with Crippen molar-refractivity contribution in [2.45, 2.75) is 13.8 Å². The predicted molar refractivity (Wildman–Crippen MR) is 112 cm³/mol. The average molecular weight is 460 g/mol. The fourth-order valence-corrected chi connectivity index (χ4v) is 3.20. The maximum Gasteiger partial charge on any atom is 0.280 e. The number of aryl methyl sites for hydroxylation is 2. The van der Waals surface area contributed by atoms with E-state index in [9.17, 15) is 22.8 Å². The molecule has 162 valence electrons. The molecule has 0 unspecified atom stereocenters. The molecule has 32 heavy (non-hydrogen) atoms. The van der Waals surface area contributed by atoms with Crippen LogP contribution in [0.3, 0.4) is 0 Å². The fraction of sp³-hybridized carbons (Fsp3) is 0.0952. The number of aromatic nitrogens is 4. The maximum atomic E-state index is 14.7. The zero-order chi connectivity index (χ0) is 23.2. The number of benzene rings is 1. The number of rotatable bonds is 3. The van der Waals surface area contributed by atoms with Crippen LogP contribution in [0.25, 0.3) is 16.7 Å². The SMILES string of the molecule is Cc1cc2c(nc1C)c(=O)c(C(=O)Nc1cc(F)nc(F)c1)nn2-c1ccc(Cl)cc1F. The van der Waals surface area contributed by atoms with Crippen LogP contribution in [0.4, 0.5) is 18.9 Å². The summed E-state index contributed by atoms with van der Waals surface area (Å²) >= 11 is 5.83. The molecule has 11 heteroatoms. The zero-order valence-electron chi connectivity index (χ0n) is 16.6. The Kier molecular flexibility index (Phi) is 5.39. The van der Waals surface area contributed by atoms with Crippen molar-refractivity contribution in [2.24, 2.45) is 0 Å². The van der Waals surface area contributed by atoms with E-state index in [1.165, 1.54) is 12.1 Å². The van der Waals surface area contributed by atoms with Crippen molar-refractivity contribution in [3.63, 3.8) is 0 Å².